The Hall–Kier alpha value is -0.520. The van der Waals surface area contributed by atoms with E-state index in [2.05, 4.69) is 33.1 Å². The molecule has 1 spiro atoms. The molecule has 0 aromatic carbocycles. The van der Waals surface area contributed by atoms with E-state index in [1.54, 1.807) is 0 Å². The molecular formula is C14H23N3OS. The third kappa shape index (κ3) is 2.98. The second-order valence-corrected chi connectivity index (χ2v) is 6.87. The van der Waals surface area contributed by atoms with Crippen molar-refractivity contribution in [1.29, 1.82) is 0 Å². The fraction of sp³-hybridized carbons (Fsp3) is 0.786. The molecule has 0 radical (unpaired) electrons. The summed E-state index contributed by atoms with van der Waals surface area (Å²) in [4.78, 5) is 0. The molecule has 106 valence electrons. The molecule has 1 atom stereocenters. The SMILES string of the molecule is CNCc1cnn(C2CCOC3(CCSCC3)C2)c1. The summed E-state index contributed by atoms with van der Waals surface area (Å²) in [6.45, 7) is 1.78. The average molecular weight is 281 g/mol. The second kappa shape index (κ2) is 5.85. The van der Waals surface area contributed by atoms with E-state index in [9.17, 15) is 0 Å². The summed E-state index contributed by atoms with van der Waals surface area (Å²) in [5.74, 6) is 2.49. The Kier molecular flexibility index (Phi) is 4.15. The lowest BCUT2D eigenvalue weighted by molar-refractivity contribution is -0.100. The molecule has 0 amide bonds. The van der Waals surface area contributed by atoms with Crippen molar-refractivity contribution in [3.05, 3.63) is 18.0 Å². The van der Waals surface area contributed by atoms with Crippen LogP contribution in [-0.4, -0.2) is 40.5 Å². The van der Waals surface area contributed by atoms with Gasteiger partial charge in [-0.05, 0) is 44.2 Å². The van der Waals surface area contributed by atoms with Crippen molar-refractivity contribution < 1.29 is 4.74 Å². The minimum absolute atomic E-state index is 0.142. The van der Waals surface area contributed by atoms with E-state index in [4.69, 9.17) is 4.74 Å². The van der Waals surface area contributed by atoms with Gasteiger partial charge in [0.25, 0.3) is 0 Å². The van der Waals surface area contributed by atoms with Gasteiger partial charge < -0.3 is 10.1 Å². The van der Waals surface area contributed by atoms with Gasteiger partial charge in [-0.15, -0.1) is 0 Å². The maximum Gasteiger partial charge on any atom is 0.0718 e. The Labute approximate surface area is 119 Å². The van der Waals surface area contributed by atoms with Crippen LogP contribution >= 0.6 is 11.8 Å². The van der Waals surface area contributed by atoms with E-state index in [0.29, 0.717) is 6.04 Å². The minimum atomic E-state index is 0.142. The van der Waals surface area contributed by atoms with Gasteiger partial charge in [0.05, 0.1) is 17.8 Å². The molecule has 3 rings (SSSR count). The van der Waals surface area contributed by atoms with Crippen molar-refractivity contribution in [2.45, 2.75) is 43.9 Å². The molecule has 19 heavy (non-hydrogen) atoms. The van der Waals surface area contributed by atoms with Crippen LogP contribution in [0.2, 0.25) is 0 Å². The molecule has 4 nitrogen and oxygen atoms in total. The standard InChI is InChI=1S/C14H23N3OS/c1-15-9-12-10-16-17(11-12)13-2-5-18-14(8-13)3-6-19-7-4-14/h10-11,13,15H,2-9H2,1H3. The number of nitrogens with one attached hydrogen (secondary N) is 1. The van der Waals surface area contributed by atoms with Gasteiger partial charge in [0.15, 0.2) is 0 Å². The monoisotopic (exact) mass is 281 g/mol. The van der Waals surface area contributed by atoms with Crippen molar-refractivity contribution in [3.63, 3.8) is 0 Å². The first-order chi connectivity index (χ1) is 9.31. The predicted octanol–water partition coefficient (Wildman–Crippen LogP) is 2.22. The molecule has 2 aliphatic rings. The van der Waals surface area contributed by atoms with Crippen molar-refractivity contribution in [2.24, 2.45) is 0 Å². The lowest BCUT2D eigenvalue weighted by atomic mass is 9.85. The van der Waals surface area contributed by atoms with Gasteiger partial charge in [-0.1, -0.05) is 0 Å². The van der Waals surface area contributed by atoms with Crippen molar-refractivity contribution >= 4 is 11.8 Å². The molecule has 2 aliphatic heterocycles. The fourth-order valence-electron chi connectivity index (χ4n) is 3.19. The normalized spacial score (nSPS) is 26.7. The Morgan fingerprint density at radius 3 is 3.16 bits per heavy atom. The number of rotatable bonds is 3. The van der Waals surface area contributed by atoms with Gasteiger partial charge in [-0.2, -0.15) is 16.9 Å². The Morgan fingerprint density at radius 2 is 2.37 bits per heavy atom. The minimum Gasteiger partial charge on any atom is -0.375 e. The van der Waals surface area contributed by atoms with Gasteiger partial charge in [0, 0.05) is 24.9 Å². The van der Waals surface area contributed by atoms with Crippen molar-refractivity contribution in [2.75, 3.05) is 25.2 Å². The van der Waals surface area contributed by atoms with Gasteiger partial charge in [0.1, 0.15) is 0 Å². The summed E-state index contributed by atoms with van der Waals surface area (Å²) in [6.07, 6.45) is 8.81. The molecule has 5 heteroatoms. The van der Waals surface area contributed by atoms with Gasteiger partial charge in [0.2, 0.25) is 0 Å². The summed E-state index contributed by atoms with van der Waals surface area (Å²) < 4.78 is 8.31. The average Bonchev–Trinajstić information content (AvgIpc) is 2.89. The molecule has 1 aromatic rings. The third-order valence-electron chi connectivity index (χ3n) is 4.28. The van der Waals surface area contributed by atoms with Crippen LogP contribution in [0.15, 0.2) is 12.4 Å². The van der Waals surface area contributed by atoms with Crippen LogP contribution < -0.4 is 5.32 Å². The van der Waals surface area contributed by atoms with E-state index >= 15 is 0 Å². The number of ether oxygens (including phenoxy) is 1. The zero-order valence-corrected chi connectivity index (χ0v) is 12.4. The maximum atomic E-state index is 6.15. The van der Waals surface area contributed by atoms with Crippen LogP contribution in [-0.2, 0) is 11.3 Å². The number of hydrogen-bond acceptors (Lipinski definition) is 4. The lowest BCUT2D eigenvalue weighted by Crippen LogP contribution is -2.43. The highest BCUT2D eigenvalue weighted by molar-refractivity contribution is 7.99. The van der Waals surface area contributed by atoms with Crippen molar-refractivity contribution in [1.82, 2.24) is 15.1 Å². The Balaban J connectivity index is 1.69. The Morgan fingerprint density at radius 1 is 1.53 bits per heavy atom. The molecule has 0 saturated carbocycles. The van der Waals surface area contributed by atoms with E-state index in [0.717, 1.165) is 26.0 Å². The highest BCUT2D eigenvalue weighted by atomic mass is 32.2. The molecule has 2 saturated heterocycles. The first-order valence-corrected chi connectivity index (χ1v) is 8.36. The van der Waals surface area contributed by atoms with Crippen LogP contribution in [0.4, 0.5) is 0 Å². The zero-order valence-electron chi connectivity index (χ0n) is 11.6. The summed E-state index contributed by atoms with van der Waals surface area (Å²) in [6, 6.07) is 0.516. The molecule has 2 fully saturated rings. The molecule has 1 N–H and O–H groups in total. The fourth-order valence-corrected chi connectivity index (χ4v) is 4.43. The van der Waals surface area contributed by atoms with Gasteiger partial charge >= 0.3 is 0 Å². The smallest absolute Gasteiger partial charge is 0.0718 e. The molecule has 0 bridgehead atoms. The predicted molar refractivity (Wildman–Crippen MR) is 78.5 cm³/mol. The first kappa shape index (κ1) is 13.5. The topological polar surface area (TPSA) is 39.1 Å². The highest BCUT2D eigenvalue weighted by Crippen LogP contribution is 2.41. The van der Waals surface area contributed by atoms with Crippen LogP contribution in [0.3, 0.4) is 0 Å². The number of hydrogen-bond donors (Lipinski definition) is 1. The van der Waals surface area contributed by atoms with Crippen LogP contribution in [0.1, 0.15) is 37.3 Å². The summed E-state index contributed by atoms with van der Waals surface area (Å²) in [5.41, 5.74) is 1.41. The van der Waals surface area contributed by atoms with Gasteiger partial charge in [-0.3, -0.25) is 4.68 Å². The first-order valence-electron chi connectivity index (χ1n) is 7.21. The third-order valence-corrected chi connectivity index (χ3v) is 5.27. The number of aromatic nitrogens is 2. The molecule has 0 aliphatic carbocycles. The Bertz CT molecular complexity index is 409. The lowest BCUT2D eigenvalue weighted by Gasteiger charge is -2.43. The van der Waals surface area contributed by atoms with E-state index < -0.39 is 0 Å². The van der Waals surface area contributed by atoms with E-state index in [1.165, 1.54) is 29.9 Å². The molecular weight excluding hydrogens is 258 g/mol. The van der Waals surface area contributed by atoms with Crippen LogP contribution in [0.25, 0.3) is 0 Å². The summed E-state index contributed by atoms with van der Waals surface area (Å²) in [7, 11) is 1.97. The summed E-state index contributed by atoms with van der Waals surface area (Å²) in [5, 5.41) is 7.73. The second-order valence-electron chi connectivity index (χ2n) is 5.65. The van der Waals surface area contributed by atoms with E-state index in [1.807, 2.05) is 13.2 Å². The van der Waals surface area contributed by atoms with Crippen molar-refractivity contribution in [3.8, 4) is 0 Å². The van der Waals surface area contributed by atoms with Crippen LogP contribution in [0, 0.1) is 0 Å². The van der Waals surface area contributed by atoms with Crippen LogP contribution in [0.5, 0.6) is 0 Å². The number of thioether (sulfide) groups is 1. The van der Waals surface area contributed by atoms with E-state index in [-0.39, 0.29) is 5.60 Å². The zero-order chi connectivity index (χ0) is 13.1. The maximum absolute atomic E-state index is 6.15. The van der Waals surface area contributed by atoms with Gasteiger partial charge in [-0.25, -0.2) is 0 Å². The highest BCUT2D eigenvalue weighted by Gasteiger charge is 2.39. The quantitative estimate of drug-likeness (QED) is 0.922. The summed E-state index contributed by atoms with van der Waals surface area (Å²) >= 11 is 2.06. The molecule has 1 unspecified atom stereocenters. The largest absolute Gasteiger partial charge is 0.375 e. The molecule has 3 heterocycles. The molecule has 1 aromatic heterocycles. The number of nitrogens with zero attached hydrogens (tertiary/aromatic N) is 2.